The first-order chi connectivity index (χ1) is 14.9. The van der Waals surface area contributed by atoms with E-state index in [9.17, 15) is 18.0 Å². The number of rotatable bonds is 5. The van der Waals surface area contributed by atoms with Gasteiger partial charge in [0, 0.05) is 37.0 Å². The minimum absolute atomic E-state index is 0.0584. The monoisotopic (exact) mass is 454 g/mol. The molecule has 32 heavy (non-hydrogen) atoms. The van der Waals surface area contributed by atoms with E-state index in [2.05, 4.69) is 15.3 Å². The quantitative estimate of drug-likeness (QED) is 0.717. The van der Waals surface area contributed by atoms with Crippen LogP contribution in [0.15, 0.2) is 30.6 Å². The molecule has 1 amide bonds. The molecule has 1 saturated heterocycles. The number of ether oxygens (including phenoxy) is 3. The predicted molar refractivity (Wildman–Crippen MR) is 110 cm³/mol. The SMILES string of the molecule is COc1cc(Oc2cnc(C(F)(F)F)nc2)cc(N2CC[C@H](NC(=O)OC(C)(C)C)C2)c1. The Bertz CT molecular complexity index is 946. The molecule has 1 aromatic heterocycles. The van der Waals surface area contributed by atoms with Gasteiger partial charge in [0.25, 0.3) is 0 Å². The van der Waals surface area contributed by atoms with Crippen LogP contribution in [0, 0.1) is 0 Å². The molecule has 174 valence electrons. The van der Waals surface area contributed by atoms with Gasteiger partial charge in [-0.3, -0.25) is 0 Å². The van der Waals surface area contributed by atoms with Gasteiger partial charge < -0.3 is 24.4 Å². The van der Waals surface area contributed by atoms with Gasteiger partial charge in [0.2, 0.25) is 5.82 Å². The fraction of sp³-hybridized carbons (Fsp3) is 0.476. The van der Waals surface area contributed by atoms with E-state index in [1.807, 2.05) is 11.0 Å². The fourth-order valence-corrected chi connectivity index (χ4v) is 3.15. The number of alkyl carbamates (subject to hydrolysis) is 1. The van der Waals surface area contributed by atoms with Gasteiger partial charge in [0.05, 0.1) is 25.5 Å². The van der Waals surface area contributed by atoms with Crippen molar-refractivity contribution in [1.29, 1.82) is 0 Å². The van der Waals surface area contributed by atoms with Crippen molar-refractivity contribution < 1.29 is 32.2 Å². The summed E-state index contributed by atoms with van der Waals surface area (Å²) < 4.78 is 54.2. The highest BCUT2D eigenvalue weighted by atomic mass is 19.4. The van der Waals surface area contributed by atoms with Crippen molar-refractivity contribution in [1.82, 2.24) is 15.3 Å². The average molecular weight is 454 g/mol. The predicted octanol–water partition coefficient (Wildman–Crippen LogP) is 4.40. The number of hydrogen-bond acceptors (Lipinski definition) is 7. The number of hydrogen-bond donors (Lipinski definition) is 1. The molecule has 1 aliphatic heterocycles. The Morgan fingerprint density at radius 2 is 1.75 bits per heavy atom. The number of carbonyl (C=O) groups is 1. The van der Waals surface area contributed by atoms with Crippen LogP contribution in [0.1, 0.15) is 33.0 Å². The standard InChI is InChI=1S/C21H25F3N4O4/c1-20(2,3)32-19(29)27-13-5-6-28(12-13)14-7-15(30-4)9-16(8-14)31-17-10-25-18(26-11-17)21(22,23)24/h7-11,13H,5-6,12H2,1-4H3,(H,27,29)/t13-/m0/s1. The molecule has 1 atom stereocenters. The van der Waals surface area contributed by atoms with Crippen molar-refractivity contribution in [2.75, 3.05) is 25.1 Å². The lowest BCUT2D eigenvalue weighted by atomic mass is 10.2. The summed E-state index contributed by atoms with van der Waals surface area (Å²) in [4.78, 5) is 20.7. The van der Waals surface area contributed by atoms with Crippen molar-refractivity contribution in [2.45, 2.75) is 45.0 Å². The van der Waals surface area contributed by atoms with Crippen LogP contribution in [0.5, 0.6) is 17.2 Å². The number of benzene rings is 1. The molecule has 0 saturated carbocycles. The Balaban J connectivity index is 1.69. The first-order valence-corrected chi connectivity index (χ1v) is 9.93. The first-order valence-electron chi connectivity index (χ1n) is 9.93. The van der Waals surface area contributed by atoms with Crippen molar-refractivity contribution in [3.8, 4) is 17.2 Å². The van der Waals surface area contributed by atoms with Crippen LogP contribution in [0.25, 0.3) is 0 Å². The number of aromatic nitrogens is 2. The highest BCUT2D eigenvalue weighted by molar-refractivity contribution is 5.68. The molecule has 0 aliphatic carbocycles. The normalized spacial score (nSPS) is 16.6. The van der Waals surface area contributed by atoms with Crippen LogP contribution in [-0.4, -0.2) is 47.9 Å². The zero-order valence-electron chi connectivity index (χ0n) is 18.2. The average Bonchev–Trinajstić information content (AvgIpc) is 3.14. The van der Waals surface area contributed by atoms with E-state index in [-0.39, 0.29) is 11.8 Å². The number of nitrogens with zero attached hydrogens (tertiary/aromatic N) is 3. The van der Waals surface area contributed by atoms with E-state index in [1.54, 1.807) is 32.9 Å². The van der Waals surface area contributed by atoms with Crippen molar-refractivity contribution in [2.24, 2.45) is 0 Å². The van der Waals surface area contributed by atoms with E-state index >= 15 is 0 Å². The maximum atomic E-state index is 12.6. The summed E-state index contributed by atoms with van der Waals surface area (Å²) in [5.74, 6) is -0.319. The van der Waals surface area contributed by atoms with Crippen molar-refractivity contribution in [3.05, 3.63) is 36.4 Å². The molecular formula is C21H25F3N4O4. The Kier molecular flexibility index (Phi) is 6.65. The topological polar surface area (TPSA) is 85.8 Å². The molecule has 0 bridgehead atoms. The first kappa shape index (κ1) is 23.4. The molecule has 1 N–H and O–H groups in total. The number of methoxy groups -OCH3 is 1. The summed E-state index contributed by atoms with van der Waals surface area (Å²) in [5.41, 5.74) is 0.198. The zero-order chi connectivity index (χ0) is 23.5. The van der Waals surface area contributed by atoms with Crippen LogP contribution in [0.4, 0.5) is 23.7 Å². The van der Waals surface area contributed by atoms with Gasteiger partial charge in [0.1, 0.15) is 17.1 Å². The van der Waals surface area contributed by atoms with Gasteiger partial charge in [-0.25, -0.2) is 14.8 Å². The number of alkyl halides is 3. The second-order valence-corrected chi connectivity index (χ2v) is 8.29. The molecule has 0 spiro atoms. The van der Waals surface area contributed by atoms with E-state index in [0.29, 0.717) is 24.6 Å². The van der Waals surface area contributed by atoms with Crippen LogP contribution < -0.4 is 19.7 Å². The molecule has 2 aromatic rings. The maximum absolute atomic E-state index is 12.6. The third kappa shape index (κ3) is 6.38. The third-order valence-electron chi connectivity index (χ3n) is 4.49. The Morgan fingerprint density at radius 1 is 1.09 bits per heavy atom. The molecule has 11 heteroatoms. The van der Waals surface area contributed by atoms with Gasteiger partial charge in [-0.1, -0.05) is 0 Å². The second-order valence-electron chi connectivity index (χ2n) is 8.29. The van der Waals surface area contributed by atoms with Gasteiger partial charge >= 0.3 is 12.3 Å². The van der Waals surface area contributed by atoms with Crippen LogP contribution in [-0.2, 0) is 10.9 Å². The fourth-order valence-electron chi connectivity index (χ4n) is 3.15. The molecule has 8 nitrogen and oxygen atoms in total. The van der Waals surface area contributed by atoms with Gasteiger partial charge in [-0.05, 0) is 27.2 Å². The van der Waals surface area contributed by atoms with Crippen molar-refractivity contribution in [3.63, 3.8) is 0 Å². The van der Waals surface area contributed by atoms with E-state index in [1.165, 1.54) is 7.11 Å². The number of halogens is 3. The summed E-state index contributed by atoms with van der Waals surface area (Å²) in [6.07, 6.45) is -2.45. The van der Waals surface area contributed by atoms with Gasteiger partial charge in [0.15, 0.2) is 5.75 Å². The molecule has 0 radical (unpaired) electrons. The van der Waals surface area contributed by atoms with Crippen LogP contribution in [0.2, 0.25) is 0 Å². The van der Waals surface area contributed by atoms with Gasteiger partial charge in [-0.2, -0.15) is 13.2 Å². The highest BCUT2D eigenvalue weighted by Crippen LogP contribution is 2.33. The van der Waals surface area contributed by atoms with E-state index in [4.69, 9.17) is 14.2 Å². The van der Waals surface area contributed by atoms with E-state index < -0.39 is 23.7 Å². The molecule has 1 fully saturated rings. The van der Waals surface area contributed by atoms with Gasteiger partial charge in [-0.15, -0.1) is 0 Å². The Hall–Kier alpha value is -3.24. The molecule has 1 aliphatic rings. The lowest BCUT2D eigenvalue weighted by molar-refractivity contribution is -0.145. The molecule has 1 aromatic carbocycles. The highest BCUT2D eigenvalue weighted by Gasteiger charge is 2.34. The van der Waals surface area contributed by atoms with Crippen LogP contribution in [0.3, 0.4) is 0 Å². The lowest BCUT2D eigenvalue weighted by Crippen LogP contribution is -2.40. The number of nitrogens with one attached hydrogen (secondary N) is 1. The van der Waals surface area contributed by atoms with Crippen molar-refractivity contribution >= 4 is 11.8 Å². The zero-order valence-corrected chi connectivity index (χ0v) is 18.2. The van der Waals surface area contributed by atoms with E-state index in [0.717, 1.165) is 24.5 Å². The largest absolute Gasteiger partial charge is 0.497 e. The summed E-state index contributed by atoms with van der Waals surface area (Å²) in [5, 5.41) is 2.86. The molecule has 0 unspecified atom stereocenters. The minimum Gasteiger partial charge on any atom is -0.497 e. The summed E-state index contributed by atoms with van der Waals surface area (Å²) in [6, 6.07) is 5.05. The number of amides is 1. The second kappa shape index (κ2) is 9.09. The summed E-state index contributed by atoms with van der Waals surface area (Å²) in [7, 11) is 1.50. The lowest BCUT2D eigenvalue weighted by Gasteiger charge is -2.23. The van der Waals surface area contributed by atoms with Crippen LogP contribution >= 0.6 is 0 Å². The molecule has 3 rings (SSSR count). The number of anilines is 1. The third-order valence-corrected chi connectivity index (χ3v) is 4.49. The summed E-state index contributed by atoms with van der Waals surface area (Å²) in [6.45, 7) is 6.62. The molecule has 2 heterocycles. The Labute approximate surface area is 183 Å². The number of carbonyl (C=O) groups excluding carboxylic acids is 1. The Morgan fingerprint density at radius 3 is 2.34 bits per heavy atom. The maximum Gasteiger partial charge on any atom is 0.451 e. The molecular weight excluding hydrogens is 429 g/mol. The minimum atomic E-state index is -4.62. The smallest absolute Gasteiger partial charge is 0.451 e. The summed E-state index contributed by atoms with van der Waals surface area (Å²) >= 11 is 0.